The Labute approximate surface area is 130 Å². The predicted molar refractivity (Wildman–Crippen MR) is 83.6 cm³/mol. The highest BCUT2D eigenvalue weighted by molar-refractivity contribution is 6.30. The van der Waals surface area contributed by atoms with E-state index in [4.69, 9.17) is 11.6 Å². The molecule has 0 aliphatic heterocycles. The maximum Gasteiger partial charge on any atom is 0.0635 e. The third-order valence-corrected chi connectivity index (χ3v) is 3.99. The summed E-state index contributed by atoms with van der Waals surface area (Å²) >= 11 is 6.03. The monoisotopic (exact) mass is 308 g/mol. The quantitative estimate of drug-likeness (QED) is 0.862. The third-order valence-electron chi connectivity index (χ3n) is 3.75. The van der Waals surface area contributed by atoms with Crippen molar-refractivity contribution in [3.8, 4) is 0 Å². The van der Waals surface area contributed by atoms with Crippen molar-refractivity contribution < 1.29 is 10.2 Å². The second-order valence-corrected chi connectivity index (χ2v) is 6.10. The molecule has 1 aromatic heterocycles. The minimum Gasteiger partial charge on any atom is -0.395 e. The molecule has 0 saturated carbocycles. The van der Waals surface area contributed by atoms with Gasteiger partial charge in [0.1, 0.15) is 0 Å². The van der Waals surface area contributed by atoms with E-state index in [0.29, 0.717) is 11.4 Å². The Morgan fingerprint density at radius 2 is 1.95 bits per heavy atom. The molecule has 0 spiro atoms. The van der Waals surface area contributed by atoms with Gasteiger partial charge in [-0.25, -0.2) is 0 Å². The maximum absolute atomic E-state index is 9.86. The molecule has 0 unspecified atom stereocenters. The van der Waals surface area contributed by atoms with Gasteiger partial charge in [-0.2, -0.15) is 5.10 Å². The van der Waals surface area contributed by atoms with Crippen LogP contribution in [-0.2, 0) is 11.8 Å². The summed E-state index contributed by atoms with van der Waals surface area (Å²) in [7, 11) is 0. The molecule has 1 aromatic carbocycles. The summed E-state index contributed by atoms with van der Waals surface area (Å²) in [6.07, 6.45) is 2.37. The van der Waals surface area contributed by atoms with E-state index in [2.05, 4.69) is 18.9 Å². The van der Waals surface area contributed by atoms with Crippen molar-refractivity contribution in [1.82, 2.24) is 9.78 Å². The molecule has 2 N–H and O–H groups in total. The third kappa shape index (κ3) is 3.46. The smallest absolute Gasteiger partial charge is 0.0635 e. The average molecular weight is 309 g/mol. The van der Waals surface area contributed by atoms with E-state index in [1.54, 1.807) is 12.1 Å². The fourth-order valence-electron chi connectivity index (χ4n) is 2.37. The van der Waals surface area contributed by atoms with E-state index in [1.165, 1.54) is 0 Å². The number of hydrogen-bond acceptors (Lipinski definition) is 3. The first-order valence-corrected chi connectivity index (χ1v) is 7.40. The lowest BCUT2D eigenvalue weighted by Gasteiger charge is -2.30. The highest BCUT2D eigenvalue weighted by Crippen LogP contribution is 2.29. The number of aromatic nitrogens is 2. The van der Waals surface area contributed by atoms with Crippen LogP contribution in [0, 0.1) is 0 Å². The van der Waals surface area contributed by atoms with Crippen LogP contribution in [-0.4, -0.2) is 33.2 Å². The number of benzene rings is 1. The second kappa shape index (κ2) is 6.60. The number of halogens is 1. The molecule has 2 aromatic rings. The van der Waals surface area contributed by atoms with Gasteiger partial charge in [0, 0.05) is 29.1 Å². The Kier molecular flexibility index (Phi) is 5.04. The minimum absolute atomic E-state index is 0.168. The van der Waals surface area contributed by atoms with Crippen LogP contribution >= 0.6 is 11.6 Å². The molecule has 0 amide bonds. The molecule has 0 radical (unpaired) electrons. The lowest BCUT2D eigenvalue weighted by atomic mass is 9.78. The molecule has 0 saturated heterocycles. The van der Waals surface area contributed by atoms with E-state index in [0.717, 1.165) is 11.3 Å². The van der Waals surface area contributed by atoms with Crippen molar-refractivity contribution in [2.24, 2.45) is 0 Å². The summed E-state index contributed by atoms with van der Waals surface area (Å²) in [6.45, 7) is 3.77. The molecule has 114 valence electrons. The fraction of sp³-hybridized carbons (Fsp3) is 0.438. The Hall–Kier alpha value is -1.36. The SMILES string of the molecule is CC(C)n1ccc(CC(CO)(CO)c2cccc(Cl)c2)n1. The zero-order chi connectivity index (χ0) is 15.5. The van der Waals surface area contributed by atoms with Crippen molar-refractivity contribution in [1.29, 1.82) is 0 Å². The first-order valence-electron chi connectivity index (χ1n) is 7.02. The van der Waals surface area contributed by atoms with Crippen molar-refractivity contribution >= 4 is 11.6 Å². The van der Waals surface area contributed by atoms with E-state index >= 15 is 0 Å². The van der Waals surface area contributed by atoms with Gasteiger partial charge in [-0.15, -0.1) is 0 Å². The molecule has 5 heteroatoms. The normalized spacial score (nSPS) is 12.1. The lowest BCUT2D eigenvalue weighted by molar-refractivity contribution is 0.115. The van der Waals surface area contributed by atoms with Gasteiger partial charge in [-0.1, -0.05) is 23.7 Å². The standard InChI is InChI=1S/C16H21ClN2O2/c1-12(2)19-7-6-15(18-19)9-16(10-20,11-21)13-4-3-5-14(17)8-13/h3-8,12,20-21H,9-11H2,1-2H3. The zero-order valence-electron chi connectivity index (χ0n) is 12.3. The lowest BCUT2D eigenvalue weighted by Crippen LogP contribution is -2.37. The van der Waals surface area contributed by atoms with Gasteiger partial charge in [0.15, 0.2) is 0 Å². The molecule has 0 aliphatic rings. The number of aliphatic hydroxyl groups excluding tert-OH is 2. The first-order chi connectivity index (χ1) is 10.0. The Bertz CT molecular complexity index is 591. The van der Waals surface area contributed by atoms with Crippen molar-refractivity contribution in [3.63, 3.8) is 0 Å². The number of rotatable bonds is 6. The number of aliphatic hydroxyl groups is 2. The molecule has 1 heterocycles. The van der Waals surface area contributed by atoms with Gasteiger partial charge in [-0.3, -0.25) is 4.68 Å². The van der Waals surface area contributed by atoms with Crippen LogP contribution in [0.15, 0.2) is 36.5 Å². The average Bonchev–Trinajstić information content (AvgIpc) is 2.93. The molecular formula is C16H21ClN2O2. The molecule has 0 bridgehead atoms. The van der Waals surface area contributed by atoms with Crippen molar-refractivity contribution in [3.05, 3.63) is 52.8 Å². The molecule has 2 rings (SSSR count). The van der Waals surface area contributed by atoms with Crippen LogP contribution in [0.1, 0.15) is 31.1 Å². The van der Waals surface area contributed by atoms with Gasteiger partial charge in [-0.05, 0) is 37.6 Å². The first kappa shape index (κ1) is 16.0. The summed E-state index contributed by atoms with van der Waals surface area (Å²) in [5, 5.41) is 24.8. The number of hydrogen-bond donors (Lipinski definition) is 2. The summed E-state index contributed by atoms with van der Waals surface area (Å²) < 4.78 is 1.87. The minimum atomic E-state index is -0.777. The van der Waals surface area contributed by atoms with E-state index in [-0.39, 0.29) is 19.3 Å². The summed E-state index contributed by atoms with van der Waals surface area (Å²) in [4.78, 5) is 0. The molecular weight excluding hydrogens is 288 g/mol. The second-order valence-electron chi connectivity index (χ2n) is 5.66. The highest BCUT2D eigenvalue weighted by Gasteiger charge is 2.32. The topological polar surface area (TPSA) is 58.3 Å². The molecule has 4 nitrogen and oxygen atoms in total. The van der Waals surface area contributed by atoms with Crippen molar-refractivity contribution in [2.45, 2.75) is 31.7 Å². The summed E-state index contributed by atoms with van der Waals surface area (Å²) in [6, 6.07) is 9.46. The Balaban J connectivity index is 2.33. The van der Waals surface area contributed by atoms with Crippen LogP contribution in [0.5, 0.6) is 0 Å². The van der Waals surface area contributed by atoms with Crippen LogP contribution in [0.25, 0.3) is 0 Å². The Morgan fingerprint density at radius 1 is 1.24 bits per heavy atom. The van der Waals surface area contributed by atoms with Gasteiger partial charge >= 0.3 is 0 Å². The van der Waals surface area contributed by atoms with Crippen LogP contribution in [0.2, 0.25) is 5.02 Å². The van der Waals surface area contributed by atoms with Crippen LogP contribution in [0.3, 0.4) is 0 Å². The molecule has 0 aliphatic carbocycles. The predicted octanol–water partition coefficient (Wildman–Crippen LogP) is 2.58. The fourth-order valence-corrected chi connectivity index (χ4v) is 2.56. The molecule has 0 atom stereocenters. The largest absolute Gasteiger partial charge is 0.395 e. The summed E-state index contributed by atoms with van der Waals surface area (Å²) in [5.41, 5.74) is 0.881. The van der Waals surface area contributed by atoms with Crippen LogP contribution < -0.4 is 0 Å². The number of nitrogens with zero attached hydrogens (tertiary/aromatic N) is 2. The highest BCUT2D eigenvalue weighted by atomic mass is 35.5. The van der Waals surface area contributed by atoms with Crippen molar-refractivity contribution in [2.75, 3.05) is 13.2 Å². The Morgan fingerprint density at radius 3 is 2.48 bits per heavy atom. The van der Waals surface area contributed by atoms with Gasteiger partial charge in [0.2, 0.25) is 0 Å². The van der Waals surface area contributed by atoms with Gasteiger partial charge < -0.3 is 10.2 Å². The van der Waals surface area contributed by atoms with Gasteiger partial charge in [0.25, 0.3) is 0 Å². The maximum atomic E-state index is 9.86. The molecule has 21 heavy (non-hydrogen) atoms. The zero-order valence-corrected chi connectivity index (χ0v) is 13.1. The van der Waals surface area contributed by atoms with Crippen LogP contribution in [0.4, 0.5) is 0 Å². The van der Waals surface area contributed by atoms with E-state index in [1.807, 2.05) is 29.1 Å². The van der Waals surface area contributed by atoms with E-state index < -0.39 is 5.41 Å². The van der Waals surface area contributed by atoms with Gasteiger partial charge in [0.05, 0.1) is 18.9 Å². The van der Waals surface area contributed by atoms with E-state index in [9.17, 15) is 10.2 Å². The summed E-state index contributed by atoms with van der Waals surface area (Å²) in [5.74, 6) is 0. The molecule has 0 fully saturated rings.